The summed E-state index contributed by atoms with van der Waals surface area (Å²) < 4.78 is 47.1. The van der Waals surface area contributed by atoms with Gasteiger partial charge in [-0.3, -0.25) is 0 Å². The number of benzene rings is 2. The molecule has 0 amide bonds. The second-order valence-corrected chi connectivity index (χ2v) is 8.13. The third-order valence-electron chi connectivity index (χ3n) is 4.22. The number of ether oxygens (including phenoxy) is 1. The average Bonchev–Trinajstić information content (AvgIpc) is 3.20. The second kappa shape index (κ2) is 9.02. The Morgan fingerprint density at radius 3 is 2.68 bits per heavy atom. The predicted molar refractivity (Wildman–Crippen MR) is 114 cm³/mol. The molecule has 0 aliphatic heterocycles. The van der Waals surface area contributed by atoms with Crippen LogP contribution >= 0.6 is 0 Å². The number of aromatic nitrogens is 4. The molecule has 0 fully saturated rings. The molecular formula is C21H18FN5O3S. The normalized spacial score (nSPS) is 11.9. The number of nitrogens with zero attached hydrogens (tertiary/aromatic N) is 4. The van der Waals surface area contributed by atoms with E-state index in [0.717, 1.165) is 11.0 Å². The lowest BCUT2D eigenvalue weighted by Gasteiger charge is -2.07. The van der Waals surface area contributed by atoms with Gasteiger partial charge in [-0.15, -0.1) is 15.3 Å². The van der Waals surface area contributed by atoms with E-state index in [1.807, 2.05) is 18.2 Å². The molecular weight excluding hydrogens is 421 g/mol. The standard InChI is InChI=1S/C21H18FN5O3S/c22-18-8-4-7-17(15-18)21-25-24-19-9-10-20(26-27(19)21)30-13-12-23-31(28,29)14-11-16-5-2-1-3-6-16/h1-11,14-15,23H,12-13H2/b14-11+. The van der Waals surface area contributed by atoms with Crippen LogP contribution in [0.5, 0.6) is 5.88 Å². The fraction of sp³-hybridized carbons (Fsp3) is 0.0952. The molecule has 158 valence electrons. The molecule has 1 N–H and O–H groups in total. The largest absolute Gasteiger partial charge is 0.475 e. The summed E-state index contributed by atoms with van der Waals surface area (Å²) >= 11 is 0. The monoisotopic (exact) mass is 439 g/mol. The fourth-order valence-electron chi connectivity index (χ4n) is 2.78. The zero-order valence-electron chi connectivity index (χ0n) is 16.2. The maximum absolute atomic E-state index is 13.5. The highest BCUT2D eigenvalue weighted by atomic mass is 32.2. The van der Waals surface area contributed by atoms with E-state index < -0.39 is 15.8 Å². The number of nitrogens with one attached hydrogen (secondary N) is 1. The molecule has 2 aromatic carbocycles. The molecule has 0 bridgehead atoms. The van der Waals surface area contributed by atoms with Gasteiger partial charge in [-0.25, -0.2) is 17.5 Å². The molecule has 31 heavy (non-hydrogen) atoms. The lowest BCUT2D eigenvalue weighted by Crippen LogP contribution is -2.26. The van der Waals surface area contributed by atoms with Crippen molar-refractivity contribution in [1.29, 1.82) is 0 Å². The number of rotatable bonds is 8. The highest BCUT2D eigenvalue weighted by Crippen LogP contribution is 2.19. The molecule has 0 saturated heterocycles. The molecule has 0 aliphatic rings. The third kappa shape index (κ3) is 5.30. The van der Waals surface area contributed by atoms with Crippen molar-refractivity contribution < 1.29 is 17.5 Å². The first-order valence-electron chi connectivity index (χ1n) is 9.34. The first-order chi connectivity index (χ1) is 15.0. The highest BCUT2D eigenvalue weighted by molar-refractivity contribution is 7.92. The van der Waals surface area contributed by atoms with Crippen LogP contribution in [0.1, 0.15) is 5.56 Å². The first-order valence-corrected chi connectivity index (χ1v) is 10.9. The van der Waals surface area contributed by atoms with E-state index >= 15 is 0 Å². The topological polar surface area (TPSA) is 98.5 Å². The first kappa shape index (κ1) is 20.6. The Balaban J connectivity index is 1.38. The Morgan fingerprint density at radius 1 is 1.03 bits per heavy atom. The van der Waals surface area contributed by atoms with Crippen molar-refractivity contribution in [1.82, 2.24) is 24.5 Å². The summed E-state index contributed by atoms with van der Waals surface area (Å²) in [5, 5.41) is 13.5. The van der Waals surface area contributed by atoms with Crippen molar-refractivity contribution in [3.63, 3.8) is 0 Å². The molecule has 0 aliphatic carbocycles. The van der Waals surface area contributed by atoms with Gasteiger partial charge in [-0.1, -0.05) is 42.5 Å². The van der Waals surface area contributed by atoms with Gasteiger partial charge in [0.2, 0.25) is 15.9 Å². The summed E-state index contributed by atoms with van der Waals surface area (Å²) in [5.74, 6) is 0.228. The number of hydrogen-bond acceptors (Lipinski definition) is 6. The van der Waals surface area contributed by atoms with Crippen molar-refractivity contribution in [2.75, 3.05) is 13.2 Å². The van der Waals surface area contributed by atoms with E-state index in [9.17, 15) is 12.8 Å². The number of sulfonamides is 1. The SMILES string of the molecule is O=S(=O)(/C=C/c1ccccc1)NCCOc1ccc2nnc(-c3cccc(F)c3)n2n1. The van der Waals surface area contributed by atoms with Crippen molar-refractivity contribution in [2.24, 2.45) is 0 Å². The number of halogens is 1. The molecule has 0 radical (unpaired) electrons. The molecule has 0 spiro atoms. The van der Waals surface area contributed by atoms with Crippen LogP contribution in [0.2, 0.25) is 0 Å². The van der Waals surface area contributed by atoms with E-state index in [-0.39, 0.29) is 19.0 Å². The Hall–Kier alpha value is -3.63. The summed E-state index contributed by atoms with van der Waals surface area (Å²) in [5.41, 5.74) is 1.78. The minimum absolute atomic E-state index is 0.0557. The lowest BCUT2D eigenvalue weighted by molar-refractivity contribution is 0.306. The predicted octanol–water partition coefficient (Wildman–Crippen LogP) is 2.90. The van der Waals surface area contributed by atoms with Gasteiger partial charge in [0.25, 0.3) is 0 Å². The minimum Gasteiger partial charge on any atom is -0.475 e. The van der Waals surface area contributed by atoms with Gasteiger partial charge >= 0.3 is 0 Å². The van der Waals surface area contributed by atoms with E-state index in [4.69, 9.17) is 4.74 Å². The minimum atomic E-state index is -3.60. The molecule has 2 heterocycles. The molecule has 4 rings (SSSR count). The highest BCUT2D eigenvalue weighted by Gasteiger charge is 2.11. The van der Waals surface area contributed by atoms with Crippen LogP contribution < -0.4 is 9.46 Å². The third-order valence-corrected chi connectivity index (χ3v) is 5.32. The molecule has 10 heteroatoms. The summed E-state index contributed by atoms with van der Waals surface area (Å²) in [7, 11) is -3.60. The second-order valence-electron chi connectivity index (χ2n) is 6.48. The Labute approximate surface area is 178 Å². The van der Waals surface area contributed by atoms with Crippen LogP contribution in [-0.4, -0.2) is 41.4 Å². The molecule has 0 atom stereocenters. The molecule has 0 unspecified atom stereocenters. The van der Waals surface area contributed by atoms with Crippen LogP contribution in [0.3, 0.4) is 0 Å². The van der Waals surface area contributed by atoms with E-state index in [2.05, 4.69) is 20.0 Å². The summed E-state index contributed by atoms with van der Waals surface area (Å²) in [6.07, 6.45) is 1.51. The fourth-order valence-corrected chi connectivity index (χ4v) is 3.58. The zero-order valence-corrected chi connectivity index (χ0v) is 17.0. The van der Waals surface area contributed by atoms with Crippen molar-refractivity contribution >= 4 is 21.7 Å². The van der Waals surface area contributed by atoms with Gasteiger partial charge in [0.15, 0.2) is 11.5 Å². The van der Waals surface area contributed by atoms with Crippen molar-refractivity contribution in [3.05, 3.63) is 83.5 Å². The summed E-state index contributed by atoms with van der Waals surface area (Å²) in [6.45, 7) is 0.119. The average molecular weight is 439 g/mol. The van der Waals surface area contributed by atoms with Crippen LogP contribution in [-0.2, 0) is 10.0 Å². The van der Waals surface area contributed by atoms with E-state index in [0.29, 0.717) is 17.0 Å². The Bertz CT molecular complexity index is 1320. The summed E-state index contributed by atoms with van der Waals surface area (Å²) in [4.78, 5) is 0. The number of hydrogen-bond donors (Lipinski definition) is 1. The molecule has 0 saturated carbocycles. The summed E-state index contributed by atoms with van der Waals surface area (Å²) in [6, 6.07) is 18.3. The van der Waals surface area contributed by atoms with E-state index in [1.165, 1.54) is 22.7 Å². The zero-order chi connectivity index (χ0) is 21.7. The quantitative estimate of drug-likeness (QED) is 0.424. The Morgan fingerprint density at radius 2 is 1.87 bits per heavy atom. The van der Waals surface area contributed by atoms with Gasteiger partial charge in [-0.05, 0) is 29.8 Å². The van der Waals surface area contributed by atoms with Crippen LogP contribution in [0.4, 0.5) is 4.39 Å². The van der Waals surface area contributed by atoms with Crippen LogP contribution in [0, 0.1) is 5.82 Å². The smallest absolute Gasteiger partial charge is 0.233 e. The van der Waals surface area contributed by atoms with Gasteiger partial charge in [0, 0.05) is 23.6 Å². The lowest BCUT2D eigenvalue weighted by atomic mass is 10.2. The maximum Gasteiger partial charge on any atom is 0.233 e. The van der Waals surface area contributed by atoms with Crippen molar-refractivity contribution in [3.8, 4) is 17.3 Å². The molecule has 8 nitrogen and oxygen atoms in total. The molecule has 2 aromatic heterocycles. The maximum atomic E-state index is 13.5. The van der Waals surface area contributed by atoms with Gasteiger partial charge < -0.3 is 4.74 Å². The van der Waals surface area contributed by atoms with Crippen molar-refractivity contribution in [2.45, 2.75) is 0 Å². The van der Waals surface area contributed by atoms with Crippen LogP contribution in [0.15, 0.2) is 72.1 Å². The van der Waals surface area contributed by atoms with Gasteiger partial charge in [-0.2, -0.15) is 4.52 Å². The number of fused-ring (bicyclic) bond motifs is 1. The van der Waals surface area contributed by atoms with Gasteiger partial charge in [0.05, 0.1) is 0 Å². The van der Waals surface area contributed by atoms with E-state index in [1.54, 1.807) is 36.4 Å². The Kier molecular flexibility index (Phi) is 6.01. The van der Waals surface area contributed by atoms with Crippen LogP contribution in [0.25, 0.3) is 23.1 Å². The van der Waals surface area contributed by atoms with Gasteiger partial charge in [0.1, 0.15) is 12.4 Å². The molecule has 4 aromatic rings.